The highest BCUT2D eigenvalue weighted by atomic mass is 16.5. The zero-order valence-corrected chi connectivity index (χ0v) is 12.9. The number of anilines is 1. The van der Waals surface area contributed by atoms with Gasteiger partial charge in [0.05, 0.1) is 12.7 Å². The average molecular weight is 289 g/mol. The van der Waals surface area contributed by atoms with E-state index in [2.05, 4.69) is 17.2 Å². The summed E-state index contributed by atoms with van der Waals surface area (Å²) in [6.45, 7) is 3.95. The topological polar surface area (TPSA) is 58.6 Å². The molecule has 2 N–H and O–H groups in total. The number of amides is 1. The maximum absolute atomic E-state index is 11.9. The van der Waals surface area contributed by atoms with E-state index in [9.17, 15) is 4.79 Å². The molecule has 114 valence electrons. The van der Waals surface area contributed by atoms with E-state index in [0.717, 1.165) is 16.8 Å². The van der Waals surface area contributed by atoms with Crippen LogP contribution >= 0.6 is 0 Å². The Hall–Kier alpha value is -1.83. The number of nitrogens with one attached hydrogen (secondary N) is 1. The molecule has 0 spiro atoms. The number of ether oxygens (including phenoxy) is 1. The molecule has 1 unspecified atom stereocenters. The number of aliphatic hydroxyl groups excluding tert-OH is 1. The van der Waals surface area contributed by atoms with Gasteiger partial charge in [-0.3, -0.25) is 4.79 Å². The minimum Gasteiger partial charge on any atom is -0.395 e. The second-order valence-corrected chi connectivity index (χ2v) is 5.00. The third kappa shape index (κ3) is 6.94. The van der Waals surface area contributed by atoms with Crippen LogP contribution in [0.25, 0.3) is 0 Å². The average Bonchev–Trinajstić information content (AvgIpc) is 2.44. The van der Waals surface area contributed by atoms with Gasteiger partial charge in [0.15, 0.2) is 0 Å². The lowest BCUT2D eigenvalue weighted by Gasteiger charge is -2.10. The molecule has 0 heterocycles. The third-order valence-corrected chi connectivity index (χ3v) is 3.01. The van der Waals surface area contributed by atoms with Crippen molar-refractivity contribution in [1.29, 1.82) is 0 Å². The number of hydrogen-bond acceptors (Lipinski definition) is 3. The summed E-state index contributed by atoms with van der Waals surface area (Å²) < 4.78 is 5.13. The first-order chi connectivity index (χ1) is 10.0. The number of carbonyl (C=O) groups excluding carboxylic acids is 1. The number of methoxy groups -OCH3 is 1. The number of benzene rings is 1. The van der Waals surface area contributed by atoms with Crippen molar-refractivity contribution in [2.45, 2.75) is 39.2 Å². The molecule has 0 aromatic heterocycles. The molecule has 0 radical (unpaired) electrons. The van der Waals surface area contributed by atoms with Gasteiger partial charge in [-0.05, 0) is 44.0 Å². The normalized spacial score (nSPS) is 11.4. The predicted octanol–water partition coefficient (Wildman–Crippen LogP) is 2.48. The van der Waals surface area contributed by atoms with Gasteiger partial charge in [0.25, 0.3) is 0 Å². The molecule has 0 saturated heterocycles. The zero-order chi connectivity index (χ0) is 15.7. The Morgan fingerprint density at radius 2 is 2.19 bits per heavy atom. The molecule has 0 saturated carbocycles. The van der Waals surface area contributed by atoms with Gasteiger partial charge in [0.2, 0.25) is 5.91 Å². The van der Waals surface area contributed by atoms with Crippen molar-refractivity contribution < 1.29 is 14.6 Å². The molecule has 0 bridgehead atoms. The van der Waals surface area contributed by atoms with Crippen LogP contribution in [0.3, 0.4) is 0 Å². The summed E-state index contributed by atoms with van der Waals surface area (Å²) in [4.78, 5) is 11.9. The maximum Gasteiger partial charge on any atom is 0.224 e. The first kappa shape index (κ1) is 17.2. The number of hydrogen-bond donors (Lipinski definition) is 2. The van der Waals surface area contributed by atoms with Crippen molar-refractivity contribution in [2.24, 2.45) is 0 Å². The molecule has 4 heteroatoms. The predicted molar refractivity (Wildman–Crippen MR) is 84.1 cm³/mol. The summed E-state index contributed by atoms with van der Waals surface area (Å²) in [5.74, 6) is 5.83. The summed E-state index contributed by atoms with van der Waals surface area (Å²) in [6, 6.07) is 5.71. The van der Waals surface area contributed by atoms with Crippen molar-refractivity contribution in [1.82, 2.24) is 0 Å². The zero-order valence-electron chi connectivity index (χ0n) is 12.9. The van der Waals surface area contributed by atoms with Gasteiger partial charge in [0.1, 0.15) is 0 Å². The van der Waals surface area contributed by atoms with Gasteiger partial charge in [0, 0.05) is 31.2 Å². The van der Waals surface area contributed by atoms with Gasteiger partial charge in [-0.2, -0.15) is 0 Å². The Kier molecular flexibility index (Phi) is 7.52. The third-order valence-electron chi connectivity index (χ3n) is 3.01. The molecule has 0 fully saturated rings. The summed E-state index contributed by atoms with van der Waals surface area (Å²) in [5.41, 5.74) is 2.62. The molecule has 4 nitrogen and oxygen atoms in total. The van der Waals surface area contributed by atoms with Gasteiger partial charge in [-0.25, -0.2) is 0 Å². The Morgan fingerprint density at radius 3 is 2.86 bits per heavy atom. The van der Waals surface area contributed by atoms with E-state index in [-0.39, 0.29) is 18.6 Å². The van der Waals surface area contributed by atoms with E-state index >= 15 is 0 Å². The van der Waals surface area contributed by atoms with Crippen molar-refractivity contribution in [3.63, 3.8) is 0 Å². The molecule has 1 atom stereocenters. The van der Waals surface area contributed by atoms with Crippen LogP contribution in [-0.4, -0.2) is 30.8 Å². The molecule has 0 aliphatic heterocycles. The fraction of sp³-hybridized carbons (Fsp3) is 0.471. The lowest BCUT2D eigenvalue weighted by molar-refractivity contribution is -0.116. The van der Waals surface area contributed by atoms with E-state index in [0.29, 0.717) is 19.3 Å². The summed E-state index contributed by atoms with van der Waals surface area (Å²) in [7, 11) is 1.64. The van der Waals surface area contributed by atoms with Gasteiger partial charge in [-0.1, -0.05) is 11.8 Å². The smallest absolute Gasteiger partial charge is 0.224 e. The number of aryl methyl sites for hydroxylation is 1. The quantitative estimate of drug-likeness (QED) is 0.791. The molecule has 1 rings (SSSR count). The number of aliphatic hydroxyl groups is 1. The van der Waals surface area contributed by atoms with Crippen LogP contribution in [0.2, 0.25) is 0 Å². The van der Waals surface area contributed by atoms with Crippen LogP contribution in [0.5, 0.6) is 0 Å². The maximum atomic E-state index is 11.9. The van der Waals surface area contributed by atoms with E-state index in [1.807, 2.05) is 32.0 Å². The van der Waals surface area contributed by atoms with Crippen LogP contribution in [-0.2, 0) is 9.53 Å². The minimum absolute atomic E-state index is 0.0289. The van der Waals surface area contributed by atoms with Crippen LogP contribution in [0, 0.1) is 18.8 Å². The van der Waals surface area contributed by atoms with E-state index in [4.69, 9.17) is 9.84 Å². The van der Waals surface area contributed by atoms with Crippen molar-refractivity contribution in [3.8, 4) is 11.8 Å². The fourth-order valence-electron chi connectivity index (χ4n) is 1.82. The summed E-state index contributed by atoms with van der Waals surface area (Å²) in [6.07, 6.45) is 1.64. The SMILES string of the molecule is COC(C)CCC(=O)Nc1cc(C)cc(C#CCCO)c1. The van der Waals surface area contributed by atoms with Gasteiger partial charge in [-0.15, -0.1) is 0 Å². The minimum atomic E-state index is -0.0289. The Bertz CT molecular complexity index is 529. The first-order valence-electron chi connectivity index (χ1n) is 7.09. The first-order valence-corrected chi connectivity index (χ1v) is 7.09. The molecule has 0 aliphatic carbocycles. The van der Waals surface area contributed by atoms with Gasteiger partial charge < -0.3 is 15.2 Å². The number of carbonyl (C=O) groups is 1. The molecule has 1 amide bonds. The lowest BCUT2D eigenvalue weighted by atomic mass is 10.1. The van der Waals surface area contributed by atoms with Crippen molar-refractivity contribution >= 4 is 11.6 Å². The molecular formula is C17H23NO3. The Morgan fingerprint density at radius 1 is 1.43 bits per heavy atom. The summed E-state index contributed by atoms with van der Waals surface area (Å²) in [5, 5.41) is 11.6. The highest BCUT2D eigenvalue weighted by molar-refractivity contribution is 5.91. The second-order valence-electron chi connectivity index (χ2n) is 5.00. The molecule has 0 aliphatic rings. The van der Waals surface area contributed by atoms with Crippen molar-refractivity contribution in [2.75, 3.05) is 19.0 Å². The fourth-order valence-corrected chi connectivity index (χ4v) is 1.82. The monoisotopic (exact) mass is 289 g/mol. The second kappa shape index (κ2) is 9.17. The highest BCUT2D eigenvalue weighted by Gasteiger charge is 2.07. The number of rotatable bonds is 6. The molecular weight excluding hydrogens is 266 g/mol. The Labute approximate surface area is 126 Å². The van der Waals surface area contributed by atoms with E-state index in [1.54, 1.807) is 7.11 Å². The van der Waals surface area contributed by atoms with Crippen LogP contribution in [0.1, 0.15) is 37.3 Å². The molecule has 1 aromatic carbocycles. The Balaban J connectivity index is 2.66. The van der Waals surface area contributed by atoms with Crippen LogP contribution in [0.15, 0.2) is 18.2 Å². The van der Waals surface area contributed by atoms with Gasteiger partial charge >= 0.3 is 0 Å². The van der Waals surface area contributed by atoms with Crippen molar-refractivity contribution in [3.05, 3.63) is 29.3 Å². The van der Waals surface area contributed by atoms with Crippen LogP contribution < -0.4 is 5.32 Å². The summed E-state index contributed by atoms with van der Waals surface area (Å²) >= 11 is 0. The molecule has 21 heavy (non-hydrogen) atoms. The van der Waals surface area contributed by atoms with E-state index < -0.39 is 0 Å². The lowest BCUT2D eigenvalue weighted by Crippen LogP contribution is -2.15. The highest BCUT2D eigenvalue weighted by Crippen LogP contribution is 2.15. The van der Waals surface area contributed by atoms with E-state index in [1.165, 1.54) is 0 Å². The standard InChI is InChI=1S/C17H23NO3/c1-13-10-15(6-4-5-9-19)12-16(11-13)18-17(20)8-7-14(2)21-3/h10-12,14,19H,5,7-9H2,1-3H3,(H,18,20). The largest absolute Gasteiger partial charge is 0.395 e. The molecule has 1 aromatic rings. The van der Waals surface area contributed by atoms with Crippen LogP contribution in [0.4, 0.5) is 5.69 Å².